The van der Waals surface area contributed by atoms with E-state index in [0.717, 1.165) is 65.5 Å². The van der Waals surface area contributed by atoms with Gasteiger partial charge >= 0.3 is 0 Å². The fraction of sp³-hybridized carbons (Fsp3) is 0. The van der Waals surface area contributed by atoms with E-state index in [1.807, 2.05) is 77.8 Å². The molecule has 0 saturated heterocycles. The van der Waals surface area contributed by atoms with E-state index < -0.39 is 0 Å². The Hall–Kier alpha value is -4.77. The normalized spacial score (nSPS) is 12.2. The molecule has 0 saturated carbocycles. The quantitative estimate of drug-likeness (QED) is 0.293. The minimum absolute atomic E-state index is 0.0172. The molecule has 0 atom stereocenters. The van der Waals surface area contributed by atoms with Crippen LogP contribution in [0.2, 0.25) is 0 Å². The third-order valence-corrected chi connectivity index (χ3v) is 7.03. The molecule has 0 aliphatic rings. The van der Waals surface area contributed by atoms with Gasteiger partial charge in [-0.15, -0.1) is 0 Å². The summed E-state index contributed by atoms with van der Waals surface area (Å²) in [5.74, 6) is 0. The van der Waals surface area contributed by atoms with Crippen LogP contribution in [0.5, 0.6) is 0 Å². The summed E-state index contributed by atoms with van der Waals surface area (Å²) < 4.78 is 4.05. The van der Waals surface area contributed by atoms with Gasteiger partial charge in [-0.1, -0.05) is 36.4 Å². The summed E-state index contributed by atoms with van der Waals surface area (Å²) in [5, 5.41) is 7.00. The first kappa shape index (κ1) is 17.7. The second kappa shape index (κ2) is 6.17. The number of para-hydroxylation sites is 2. The average Bonchev–Trinajstić information content (AvgIpc) is 3.41. The predicted molar refractivity (Wildman–Crippen MR) is 137 cm³/mol. The van der Waals surface area contributed by atoms with Gasteiger partial charge in [-0.05, 0) is 41.8 Å². The SMILES string of the molecule is O=c1c2c(cc3c4ccncc4n4c5cnccc5c2c34)c2ccccc2n1-c1ccccc1. The molecule has 5 heterocycles. The molecule has 0 N–H and O–H groups in total. The van der Waals surface area contributed by atoms with E-state index in [4.69, 9.17) is 0 Å². The van der Waals surface area contributed by atoms with E-state index in [9.17, 15) is 4.79 Å². The molecule has 0 spiro atoms. The molecule has 0 radical (unpaired) electrons. The minimum Gasteiger partial charge on any atom is -0.305 e. The van der Waals surface area contributed by atoms with E-state index in [2.05, 4.69) is 32.6 Å². The molecule has 34 heavy (non-hydrogen) atoms. The zero-order valence-electron chi connectivity index (χ0n) is 17.9. The first-order chi connectivity index (χ1) is 16.8. The molecule has 5 aromatic heterocycles. The van der Waals surface area contributed by atoms with Crippen LogP contribution >= 0.6 is 0 Å². The lowest BCUT2D eigenvalue weighted by atomic mass is 9.98. The molecular weight excluding hydrogens is 420 g/mol. The van der Waals surface area contributed by atoms with Crippen molar-refractivity contribution in [1.82, 2.24) is 18.9 Å². The maximum atomic E-state index is 14.3. The molecule has 5 heteroatoms. The van der Waals surface area contributed by atoms with Gasteiger partial charge in [-0.2, -0.15) is 0 Å². The van der Waals surface area contributed by atoms with Crippen LogP contribution in [0.4, 0.5) is 0 Å². The van der Waals surface area contributed by atoms with E-state index in [1.54, 1.807) is 6.20 Å². The lowest BCUT2D eigenvalue weighted by Crippen LogP contribution is -2.19. The molecule has 0 unspecified atom stereocenters. The molecule has 3 aromatic carbocycles. The highest BCUT2D eigenvalue weighted by atomic mass is 16.1. The standard InChI is InChI=1S/C29H16N4O/c34-29-27-21(18-8-4-5-9-23(18)32(29)17-6-2-1-3-7-17)14-22-19-10-12-30-15-24(19)33-25-16-31-13-11-20(25)26(27)28(22)33/h1-16H. The summed E-state index contributed by atoms with van der Waals surface area (Å²) in [6.45, 7) is 0. The lowest BCUT2D eigenvalue weighted by Gasteiger charge is -2.14. The Balaban J connectivity index is 1.77. The summed E-state index contributed by atoms with van der Waals surface area (Å²) in [6.07, 6.45) is 7.40. The summed E-state index contributed by atoms with van der Waals surface area (Å²) in [4.78, 5) is 23.1. The molecular formula is C29H16N4O. The van der Waals surface area contributed by atoms with Gasteiger partial charge in [0.2, 0.25) is 0 Å². The molecule has 0 fully saturated rings. The number of pyridine rings is 3. The number of fused-ring (bicyclic) bond motifs is 10. The highest BCUT2D eigenvalue weighted by Gasteiger charge is 2.23. The third-order valence-electron chi connectivity index (χ3n) is 7.03. The van der Waals surface area contributed by atoms with Crippen LogP contribution in [0.3, 0.4) is 0 Å². The number of aromatic nitrogens is 4. The molecule has 0 aliphatic carbocycles. The van der Waals surface area contributed by atoms with Crippen molar-refractivity contribution < 1.29 is 0 Å². The Morgan fingerprint density at radius 1 is 0.588 bits per heavy atom. The van der Waals surface area contributed by atoms with Gasteiger partial charge in [0.05, 0.1) is 39.8 Å². The third kappa shape index (κ3) is 2.02. The van der Waals surface area contributed by atoms with E-state index in [-0.39, 0.29) is 5.56 Å². The van der Waals surface area contributed by atoms with Crippen LogP contribution in [0, 0.1) is 0 Å². The molecule has 5 nitrogen and oxygen atoms in total. The molecule has 158 valence electrons. The average molecular weight is 436 g/mol. The van der Waals surface area contributed by atoms with Crippen LogP contribution in [0.15, 0.2) is 102 Å². The van der Waals surface area contributed by atoms with Gasteiger partial charge in [0.25, 0.3) is 5.56 Å². The van der Waals surface area contributed by atoms with Gasteiger partial charge in [0.15, 0.2) is 0 Å². The summed E-state index contributed by atoms with van der Waals surface area (Å²) >= 11 is 0. The number of nitrogens with zero attached hydrogens (tertiary/aromatic N) is 4. The number of hydrogen-bond donors (Lipinski definition) is 0. The van der Waals surface area contributed by atoms with Gasteiger partial charge < -0.3 is 4.40 Å². The maximum absolute atomic E-state index is 14.3. The summed E-state index contributed by atoms with van der Waals surface area (Å²) in [7, 11) is 0. The summed E-state index contributed by atoms with van der Waals surface area (Å²) in [5.41, 5.74) is 4.79. The van der Waals surface area contributed by atoms with Crippen molar-refractivity contribution in [2.45, 2.75) is 0 Å². The fourth-order valence-corrected chi connectivity index (χ4v) is 5.70. The number of rotatable bonds is 1. The van der Waals surface area contributed by atoms with Gasteiger partial charge in [0.1, 0.15) is 0 Å². The highest BCUT2D eigenvalue weighted by Crippen LogP contribution is 2.43. The Bertz CT molecular complexity index is 2140. The predicted octanol–water partition coefficient (Wildman–Crippen LogP) is 6.08. The Kier molecular flexibility index (Phi) is 3.22. The second-order valence-electron chi connectivity index (χ2n) is 8.68. The monoisotopic (exact) mass is 436 g/mol. The Morgan fingerprint density at radius 2 is 1.26 bits per heavy atom. The lowest BCUT2D eigenvalue weighted by molar-refractivity contribution is 1.06. The Morgan fingerprint density at radius 3 is 2.09 bits per heavy atom. The number of benzene rings is 3. The molecule has 0 bridgehead atoms. The van der Waals surface area contributed by atoms with Crippen molar-refractivity contribution in [2.75, 3.05) is 0 Å². The van der Waals surface area contributed by atoms with Crippen LogP contribution in [0.1, 0.15) is 0 Å². The molecule has 0 amide bonds. The van der Waals surface area contributed by atoms with E-state index in [1.165, 1.54) is 0 Å². The minimum atomic E-state index is -0.0172. The fourth-order valence-electron chi connectivity index (χ4n) is 5.70. The molecule has 0 aliphatic heterocycles. The van der Waals surface area contributed by atoms with Crippen LogP contribution in [0.25, 0.3) is 65.5 Å². The zero-order valence-corrected chi connectivity index (χ0v) is 17.9. The van der Waals surface area contributed by atoms with Gasteiger partial charge in [-0.25, -0.2) is 0 Å². The van der Waals surface area contributed by atoms with Crippen LogP contribution < -0.4 is 5.56 Å². The topological polar surface area (TPSA) is 52.2 Å². The molecule has 8 rings (SSSR count). The van der Waals surface area contributed by atoms with Crippen molar-refractivity contribution in [2.24, 2.45) is 0 Å². The molecule has 8 aromatic rings. The van der Waals surface area contributed by atoms with E-state index in [0.29, 0.717) is 0 Å². The number of hydrogen-bond acceptors (Lipinski definition) is 3. The van der Waals surface area contributed by atoms with Crippen molar-refractivity contribution in [3.05, 3.63) is 108 Å². The van der Waals surface area contributed by atoms with Crippen molar-refractivity contribution in [3.8, 4) is 5.69 Å². The van der Waals surface area contributed by atoms with Crippen molar-refractivity contribution in [3.63, 3.8) is 0 Å². The van der Waals surface area contributed by atoms with Crippen LogP contribution in [-0.4, -0.2) is 18.9 Å². The van der Waals surface area contributed by atoms with Gasteiger partial charge in [-0.3, -0.25) is 19.3 Å². The van der Waals surface area contributed by atoms with Crippen LogP contribution in [-0.2, 0) is 0 Å². The zero-order chi connectivity index (χ0) is 22.4. The highest BCUT2D eigenvalue weighted by molar-refractivity contribution is 6.33. The van der Waals surface area contributed by atoms with Crippen molar-refractivity contribution >= 4 is 59.8 Å². The van der Waals surface area contributed by atoms with Gasteiger partial charge in [0, 0.05) is 45.0 Å². The second-order valence-corrected chi connectivity index (χ2v) is 8.68. The Labute approximate surface area is 192 Å². The largest absolute Gasteiger partial charge is 0.305 e. The van der Waals surface area contributed by atoms with E-state index >= 15 is 0 Å². The maximum Gasteiger partial charge on any atom is 0.264 e. The summed E-state index contributed by atoms with van der Waals surface area (Å²) in [6, 6.07) is 24.3. The smallest absolute Gasteiger partial charge is 0.264 e. The first-order valence-electron chi connectivity index (χ1n) is 11.2. The first-order valence-corrected chi connectivity index (χ1v) is 11.2. The van der Waals surface area contributed by atoms with Crippen molar-refractivity contribution in [1.29, 1.82) is 0 Å².